The van der Waals surface area contributed by atoms with E-state index in [1.807, 2.05) is 12.1 Å². The molecule has 2 aromatic rings. The van der Waals surface area contributed by atoms with Crippen LogP contribution < -0.4 is 5.32 Å². The average Bonchev–Trinajstić information content (AvgIpc) is 2.99. The first-order valence-corrected chi connectivity index (χ1v) is 7.49. The van der Waals surface area contributed by atoms with Crippen LogP contribution in [0.5, 0.6) is 0 Å². The van der Waals surface area contributed by atoms with Crippen molar-refractivity contribution in [3.63, 3.8) is 0 Å². The van der Waals surface area contributed by atoms with E-state index >= 15 is 0 Å². The Bertz CT molecular complexity index is 627. The van der Waals surface area contributed by atoms with Gasteiger partial charge in [0.25, 0.3) is 0 Å². The van der Waals surface area contributed by atoms with Crippen LogP contribution in [-0.4, -0.2) is 36.1 Å². The molecule has 0 spiro atoms. The first-order chi connectivity index (χ1) is 9.66. The Labute approximate surface area is 149 Å². The maximum atomic E-state index is 6.52. The number of benzene rings is 1. The largest absolute Gasteiger partial charge is 0.315 e. The average molecular weight is 363 g/mol. The van der Waals surface area contributed by atoms with Crippen LogP contribution >= 0.6 is 36.4 Å². The van der Waals surface area contributed by atoms with Crippen LogP contribution in [0.4, 0.5) is 0 Å². The molecule has 6 heteroatoms. The number of nitrogens with one attached hydrogen (secondary N) is 1. The predicted molar refractivity (Wildman–Crippen MR) is 98.7 cm³/mol. The van der Waals surface area contributed by atoms with Gasteiger partial charge in [0, 0.05) is 24.5 Å². The number of aryl methyl sites for hydroxylation is 1. The number of nitrogens with zero attached hydrogens (tertiary/aromatic N) is 2. The zero-order chi connectivity index (χ0) is 14.1. The van der Waals surface area contributed by atoms with Gasteiger partial charge in [-0.1, -0.05) is 29.8 Å². The molecule has 1 unspecified atom stereocenters. The molecule has 3 nitrogen and oxygen atoms in total. The highest BCUT2D eigenvalue weighted by molar-refractivity contribution is 6.32. The third kappa shape index (κ3) is 3.84. The Morgan fingerprint density at radius 1 is 1.32 bits per heavy atom. The van der Waals surface area contributed by atoms with Gasteiger partial charge in [-0.05, 0) is 38.6 Å². The Hall–Kier alpha value is -0.580. The number of aromatic nitrogens is 1. The van der Waals surface area contributed by atoms with Crippen LogP contribution in [0, 0.1) is 6.92 Å². The summed E-state index contributed by atoms with van der Waals surface area (Å²) >= 11 is 6.52. The molecule has 0 saturated carbocycles. The lowest BCUT2D eigenvalue weighted by molar-refractivity contribution is 0.246. The highest BCUT2D eigenvalue weighted by atomic mass is 35.5. The summed E-state index contributed by atoms with van der Waals surface area (Å²) in [5.74, 6) is 0. The van der Waals surface area contributed by atoms with Gasteiger partial charge in [0.1, 0.15) is 0 Å². The van der Waals surface area contributed by atoms with Crippen molar-refractivity contribution in [3.05, 3.63) is 40.5 Å². The Kier molecular flexibility index (Phi) is 7.36. The Morgan fingerprint density at radius 2 is 2.05 bits per heavy atom. The molecule has 0 aliphatic carbocycles. The topological polar surface area (TPSA) is 28.2 Å². The van der Waals surface area contributed by atoms with Crippen molar-refractivity contribution in [2.45, 2.75) is 25.9 Å². The van der Waals surface area contributed by atoms with E-state index in [1.54, 1.807) is 0 Å². The molecule has 0 radical (unpaired) electrons. The van der Waals surface area contributed by atoms with Crippen LogP contribution in [0.3, 0.4) is 0 Å². The fourth-order valence-electron chi connectivity index (χ4n) is 2.90. The number of para-hydroxylation sites is 1. The predicted octanol–water partition coefficient (Wildman–Crippen LogP) is 3.83. The van der Waals surface area contributed by atoms with Gasteiger partial charge < -0.3 is 5.32 Å². The number of pyridine rings is 1. The molecule has 1 fully saturated rings. The first kappa shape index (κ1) is 19.5. The minimum absolute atomic E-state index is 0. The summed E-state index contributed by atoms with van der Waals surface area (Å²) in [5.41, 5.74) is 3.14. The molecular weight excluding hydrogens is 341 g/mol. The molecule has 2 heterocycles. The number of hydrogen-bond acceptors (Lipinski definition) is 3. The zero-order valence-corrected chi connectivity index (χ0v) is 15.2. The van der Waals surface area contributed by atoms with Gasteiger partial charge in [0.15, 0.2) is 0 Å². The molecule has 122 valence electrons. The Morgan fingerprint density at radius 3 is 2.73 bits per heavy atom. The van der Waals surface area contributed by atoms with Gasteiger partial charge in [0.2, 0.25) is 0 Å². The number of hydrogen-bond donors (Lipinski definition) is 1. The lowest BCUT2D eigenvalue weighted by atomic mass is 10.1. The number of likely N-dealkylation sites (N-methyl/N-ethyl adjacent to an activating group) is 1. The molecule has 22 heavy (non-hydrogen) atoms. The van der Waals surface area contributed by atoms with Crippen LogP contribution in [0.2, 0.25) is 5.02 Å². The molecule has 1 aliphatic heterocycles. The lowest BCUT2D eigenvalue weighted by Gasteiger charge is -2.24. The molecule has 0 amide bonds. The first-order valence-electron chi connectivity index (χ1n) is 7.11. The molecule has 0 bridgehead atoms. The summed E-state index contributed by atoms with van der Waals surface area (Å²) in [6.45, 7) is 5.04. The van der Waals surface area contributed by atoms with Crippen molar-refractivity contribution in [1.82, 2.24) is 15.2 Å². The second-order valence-electron chi connectivity index (χ2n) is 5.58. The van der Waals surface area contributed by atoms with E-state index in [0.717, 1.165) is 46.8 Å². The van der Waals surface area contributed by atoms with Crippen molar-refractivity contribution in [2.24, 2.45) is 0 Å². The van der Waals surface area contributed by atoms with E-state index in [0.29, 0.717) is 6.04 Å². The Balaban J connectivity index is 0.00000121. The third-order valence-corrected chi connectivity index (χ3v) is 4.70. The smallest absolute Gasteiger partial charge is 0.0740 e. The van der Waals surface area contributed by atoms with E-state index in [9.17, 15) is 0 Å². The summed E-state index contributed by atoms with van der Waals surface area (Å²) in [5, 5.41) is 5.35. The van der Waals surface area contributed by atoms with Crippen molar-refractivity contribution in [3.8, 4) is 0 Å². The molecule has 1 saturated heterocycles. The standard InChI is InChI=1S/C16H20ClN3.2ClH/c1-11-13-5-3-4-6-14(13)19-15(16(11)17)10-20(2)12-7-8-18-9-12;;/h3-6,12,18H,7-10H2,1-2H3;2*1H. The van der Waals surface area contributed by atoms with Crippen molar-refractivity contribution < 1.29 is 0 Å². The second kappa shape index (κ2) is 8.32. The quantitative estimate of drug-likeness (QED) is 0.899. The SMILES string of the molecule is Cc1c(Cl)c(CN(C)C2CCNC2)nc2ccccc12.Cl.Cl. The summed E-state index contributed by atoms with van der Waals surface area (Å²) in [6.07, 6.45) is 1.20. The van der Waals surface area contributed by atoms with Crippen LogP contribution in [0.1, 0.15) is 17.7 Å². The number of fused-ring (bicyclic) bond motifs is 1. The fourth-order valence-corrected chi connectivity index (χ4v) is 3.11. The monoisotopic (exact) mass is 361 g/mol. The highest BCUT2D eigenvalue weighted by Gasteiger charge is 2.21. The van der Waals surface area contributed by atoms with E-state index in [1.165, 1.54) is 6.42 Å². The molecule has 1 aliphatic rings. The van der Waals surface area contributed by atoms with E-state index in [-0.39, 0.29) is 24.8 Å². The van der Waals surface area contributed by atoms with E-state index < -0.39 is 0 Å². The third-order valence-electron chi connectivity index (χ3n) is 4.20. The summed E-state index contributed by atoms with van der Waals surface area (Å²) in [4.78, 5) is 7.10. The van der Waals surface area contributed by atoms with Crippen molar-refractivity contribution in [2.75, 3.05) is 20.1 Å². The van der Waals surface area contributed by atoms with Gasteiger partial charge in [0.05, 0.1) is 16.2 Å². The van der Waals surface area contributed by atoms with Gasteiger partial charge in [-0.3, -0.25) is 4.90 Å². The molecule has 3 rings (SSSR count). The van der Waals surface area contributed by atoms with Crippen LogP contribution in [0.25, 0.3) is 10.9 Å². The van der Waals surface area contributed by atoms with Gasteiger partial charge in [-0.25, -0.2) is 4.98 Å². The van der Waals surface area contributed by atoms with Crippen LogP contribution in [0.15, 0.2) is 24.3 Å². The highest BCUT2D eigenvalue weighted by Crippen LogP contribution is 2.28. The summed E-state index contributed by atoms with van der Waals surface area (Å²) < 4.78 is 0. The molecule has 1 atom stereocenters. The second-order valence-corrected chi connectivity index (χ2v) is 5.95. The maximum Gasteiger partial charge on any atom is 0.0740 e. The minimum atomic E-state index is 0. The van der Waals surface area contributed by atoms with E-state index in [2.05, 4.69) is 36.3 Å². The van der Waals surface area contributed by atoms with Gasteiger partial charge >= 0.3 is 0 Å². The fraction of sp³-hybridized carbons (Fsp3) is 0.438. The summed E-state index contributed by atoms with van der Waals surface area (Å²) in [6, 6.07) is 8.78. The lowest BCUT2D eigenvalue weighted by Crippen LogP contribution is -2.33. The molecule has 1 N–H and O–H groups in total. The van der Waals surface area contributed by atoms with Gasteiger partial charge in [-0.2, -0.15) is 0 Å². The maximum absolute atomic E-state index is 6.52. The molecular formula is C16H22Cl3N3. The molecule has 1 aromatic heterocycles. The zero-order valence-electron chi connectivity index (χ0n) is 12.8. The normalized spacial score (nSPS) is 17.4. The minimum Gasteiger partial charge on any atom is -0.315 e. The van der Waals surface area contributed by atoms with Crippen molar-refractivity contribution in [1.29, 1.82) is 0 Å². The number of rotatable bonds is 3. The molecule has 1 aromatic carbocycles. The van der Waals surface area contributed by atoms with Gasteiger partial charge in [-0.15, -0.1) is 24.8 Å². The number of halogens is 3. The van der Waals surface area contributed by atoms with E-state index in [4.69, 9.17) is 16.6 Å². The van der Waals surface area contributed by atoms with Crippen LogP contribution in [-0.2, 0) is 6.54 Å². The summed E-state index contributed by atoms with van der Waals surface area (Å²) in [7, 11) is 2.15. The van der Waals surface area contributed by atoms with Crippen molar-refractivity contribution >= 4 is 47.3 Å².